The maximum absolute atomic E-state index is 9.92. The van der Waals surface area contributed by atoms with Crippen LogP contribution in [0.5, 0.6) is 0 Å². The number of nitrogens with two attached hydrogens (primary N) is 1. The van der Waals surface area contributed by atoms with Gasteiger partial charge in [0.1, 0.15) is 0 Å². The van der Waals surface area contributed by atoms with Crippen molar-refractivity contribution in [2.75, 3.05) is 6.54 Å². The molecule has 7 heavy (non-hydrogen) atoms. The summed E-state index contributed by atoms with van der Waals surface area (Å²) in [6, 6.07) is 0. The molecule has 0 atom stereocenters. The zero-order chi connectivity index (χ0) is 5.70. The average molecular weight is 117 g/mol. The molecule has 0 fully saturated rings. The Balaban J connectivity index is 3.26. The molecule has 3 heteroatoms. The molecule has 0 aromatic heterocycles. The SMILES string of the molecule is NC/C=C/C(=O)S. The topological polar surface area (TPSA) is 43.1 Å². The molecule has 2 nitrogen and oxygen atoms in total. The third-order valence-electron chi connectivity index (χ3n) is 0.397. The first-order valence-corrected chi connectivity index (χ1v) is 2.31. The molecule has 0 unspecified atom stereocenters. The Hall–Kier alpha value is -0.280. The van der Waals surface area contributed by atoms with Gasteiger partial charge in [-0.3, -0.25) is 4.79 Å². The first kappa shape index (κ1) is 6.72. The van der Waals surface area contributed by atoms with Crippen molar-refractivity contribution in [2.45, 2.75) is 0 Å². The quantitative estimate of drug-likeness (QED) is 0.393. The predicted octanol–water partition coefficient (Wildman–Crippen LogP) is -0.0423. The number of hydrogen-bond donors (Lipinski definition) is 2. The van der Waals surface area contributed by atoms with Gasteiger partial charge in [0.05, 0.1) is 0 Å². The van der Waals surface area contributed by atoms with Crippen LogP contribution >= 0.6 is 12.6 Å². The van der Waals surface area contributed by atoms with Crippen LogP contribution in [0.15, 0.2) is 12.2 Å². The molecule has 0 saturated carbocycles. The van der Waals surface area contributed by atoms with E-state index in [1.807, 2.05) is 0 Å². The number of carbonyl (C=O) groups is 1. The molecule has 0 aromatic rings. The fraction of sp³-hybridized carbons (Fsp3) is 0.250. The Bertz CT molecular complexity index is 89.7. The van der Waals surface area contributed by atoms with Crippen molar-refractivity contribution in [3.63, 3.8) is 0 Å². The summed E-state index contributed by atoms with van der Waals surface area (Å²) < 4.78 is 0. The highest BCUT2D eigenvalue weighted by Gasteiger charge is 1.77. The van der Waals surface area contributed by atoms with E-state index in [0.717, 1.165) is 0 Å². The van der Waals surface area contributed by atoms with Crippen molar-refractivity contribution in [3.05, 3.63) is 12.2 Å². The molecule has 0 aliphatic carbocycles. The van der Waals surface area contributed by atoms with Crippen LogP contribution in [-0.2, 0) is 4.79 Å². The predicted molar refractivity (Wildman–Crippen MR) is 32.2 cm³/mol. The largest absolute Gasteiger partial charge is 0.327 e. The molecule has 0 heterocycles. The van der Waals surface area contributed by atoms with Gasteiger partial charge in [-0.15, -0.1) is 12.6 Å². The Kier molecular flexibility index (Phi) is 3.74. The molecule has 2 N–H and O–H groups in total. The second-order valence-corrected chi connectivity index (χ2v) is 1.42. The molecule has 0 radical (unpaired) electrons. The van der Waals surface area contributed by atoms with Crippen LogP contribution in [0.3, 0.4) is 0 Å². The van der Waals surface area contributed by atoms with E-state index in [2.05, 4.69) is 12.6 Å². The highest BCUT2D eigenvalue weighted by molar-refractivity contribution is 7.97. The fourth-order valence-corrected chi connectivity index (χ4v) is 0.274. The van der Waals surface area contributed by atoms with Crippen LogP contribution in [0.1, 0.15) is 0 Å². The van der Waals surface area contributed by atoms with E-state index in [1.54, 1.807) is 6.08 Å². The minimum Gasteiger partial charge on any atom is -0.327 e. The van der Waals surface area contributed by atoms with Gasteiger partial charge in [-0.05, 0) is 6.08 Å². The third-order valence-corrected chi connectivity index (χ3v) is 0.546. The van der Waals surface area contributed by atoms with E-state index in [0.29, 0.717) is 6.54 Å². The first-order valence-electron chi connectivity index (χ1n) is 1.87. The maximum Gasteiger partial charge on any atom is 0.208 e. The van der Waals surface area contributed by atoms with E-state index in [4.69, 9.17) is 5.73 Å². The zero-order valence-corrected chi connectivity index (χ0v) is 4.69. The molecule has 0 rings (SSSR count). The van der Waals surface area contributed by atoms with Gasteiger partial charge in [0, 0.05) is 6.54 Å². The highest BCUT2D eigenvalue weighted by atomic mass is 32.1. The van der Waals surface area contributed by atoms with Crippen molar-refractivity contribution in [2.24, 2.45) is 5.73 Å². The normalized spacial score (nSPS) is 10.0. The van der Waals surface area contributed by atoms with Gasteiger partial charge >= 0.3 is 0 Å². The summed E-state index contributed by atoms with van der Waals surface area (Å²) >= 11 is 3.45. The molecule has 0 saturated heterocycles. The molecule has 0 aliphatic heterocycles. The monoisotopic (exact) mass is 117 g/mol. The molecule has 0 aliphatic rings. The van der Waals surface area contributed by atoms with Crippen LogP contribution in [0.4, 0.5) is 0 Å². The standard InChI is InChI=1S/C4H7NOS/c5-3-1-2-4(6)7/h1-2H,3,5H2,(H,6,7)/b2-1+. The van der Waals surface area contributed by atoms with E-state index >= 15 is 0 Å². The second-order valence-electron chi connectivity index (χ2n) is 0.976. The molecular formula is C4H7NOS. The molecule has 0 aromatic carbocycles. The minimum atomic E-state index is -0.259. The van der Waals surface area contributed by atoms with Crippen molar-refractivity contribution in [1.82, 2.24) is 0 Å². The van der Waals surface area contributed by atoms with Crippen LogP contribution in [-0.4, -0.2) is 11.7 Å². The van der Waals surface area contributed by atoms with Crippen molar-refractivity contribution in [3.8, 4) is 0 Å². The number of carbonyl (C=O) groups excluding carboxylic acids is 1. The summed E-state index contributed by atoms with van der Waals surface area (Å²) in [5, 5.41) is -0.259. The Labute approximate surface area is 47.8 Å². The van der Waals surface area contributed by atoms with Gasteiger partial charge in [-0.25, -0.2) is 0 Å². The van der Waals surface area contributed by atoms with E-state index in [1.165, 1.54) is 6.08 Å². The van der Waals surface area contributed by atoms with Crippen molar-refractivity contribution >= 4 is 17.7 Å². The lowest BCUT2D eigenvalue weighted by Crippen LogP contribution is -1.93. The van der Waals surface area contributed by atoms with E-state index in [-0.39, 0.29) is 5.12 Å². The van der Waals surface area contributed by atoms with Gasteiger partial charge in [0.2, 0.25) is 5.12 Å². The lowest BCUT2D eigenvalue weighted by atomic mass is 10.5. The average Bonchev–Trinajstić information content (AvgIpc) is 1.61. The molecule has 0 bridgehead atoms. The highest BCUT2D eigenvalue weighted by Crippen LogP contribution is 1.77. The van der Waals surface area contributed by atoms with Crippen molar-refractivity contribution < 1.29 is 4.79 Å². The van der Waals surface area contributed by atoms with Crippen molar-refractivity contribution in [1.29, 1.82) is 0 Å². The van der Waals surface area contributed by atoms with Crippen LogP contribution in [0, 0.1) is 0 Å². The summed E-state index contributed by atoms with van der Waals surface area (Å²) in [7, 11) is 0. The molecule has 0 amide bonds. The van der Waals surface area contributed by atoms with Gasteiger partial charge in [0.15, 0.2) is 0 Å². The smallest absolute Gasteiger partial charge is 0.208 e. The number of hydrogen-bond acceptors (Lipinski definition) is 2. The van der Waals surface area contributed by atoms with Gasteiger partial charge in [-0.1, -0.05) is 6.08 Å². The summed E-state index contributed by atoms with van der Waals surface area (Å²) in [6.45, 7) is 0.395. The third kappa shape index (κ3) is 5.72. The zero-order valence-electron chi connectivity index (χ0n) is 3.79. The fourth-order valence-electron chi connectivity index (χ4n) is 0.169. The van der Waals surface area contributed by atoms with Crippen LogP contribution in [0.25, 0.3) is 0 Å². The Morgan fingerprint density at radius 2 is 2.43 bits per heavy atom. The number of thiol groups is 1. The maximum atomic E-state index is 9.92. The minimum absolute atomic E-state index is 0.259. The molecule has 0 spiro atoms. The number of rotatable bonds is 2. The van der Waals surface area contributed by atoms with Gasteiger partial charge < -0.3 is 5.73 Å². The van der Waals surface area contributed by atoms with E-state index in [9.17, 15) is 4.79 Å². The summed E-state index contributed by atoms with van der Waals surface area (Å²) in [6.07, 6.45) is 2.87. The van der Waals surface area contributed by atoms with Gasteiger partial charge in [0.25, 0.3) is 0 Å². The molecule has 40 valence electrons. The lowest BCUT2D eigenvalue weighted by molar-refractivity contribution is -0.106. The summed E-state index contributed by atoms with van der Waals surface area (Å²) in [5.41, 5.74) is 5.00. The Morgan fingerprint density at radius 1 is 1.86 bits per heavy atom. The second kappa shape index (κ2) is 3.89. The summed E-state index contributed by atoms with van der Waals surface area (Å²) in [4.78, 5) is 9.92. The lowest BCUT2D eigenvalue weighted by Gasteiger charge is -1.73. The van der Waals surface area contributed by atoms with Crippen LogP contribution < -0.4 is 5.73 Å². The summed E-state index contributed by atoms with van der Waals surface area (Å²) in [5.74, 6) is 0. The van der Waals surface area contributed by atoms with E-state index < -0.39 is 0 Å². The van der Waals surface area contributed by atoms with Gasteiger partial charge in [-0.2, -0.15) is 0 Å². The molecular weight excluding hydrogens is 110 g/mol. The van der Waals surface area contributed by atoms with Crippen LogP contribution in [0.2, 0.25) is 0 Å². The first-order chi connectivity index (χ1) is 3.27. The Morgan fingerprint density at radius 3 is 2.57 bits per heavy atom.